The van der Waals surface area contributed by atoms with Crippen LogP contribution in [0.4, 0.5) is 0 Å². The van der Waals surface area contributed by atoms with Crippen LogP contribution in [0.2, 0.25) is 0 Å². The van der Waals surface area contributed by atoms with Crippen molar-refractivity contribution in [2.24, 2.45) is 10.9 Å². The summed E-state index contributed by atoms with van der Waals surface area (Å²) in [5.41, 5.74) is 2.91. The zero-order valence-corrected chi connectivity index (χ0v) is 17.7. The number of carbonyl (C=O) groups excluding carboxylic acids is 2. The van der Waals surface area contributed by atoms with Gasteiger partial charge in [0.05, 0.1) is 24.7 Å². The highest BCUT2D eigenvalue weighted by Crippen LogP contribution is 2.45. The van der Waals surface area contributed by atoms with Crippen LogP contribution < -0.4 is 4.74 Å². The maximum atomic E-state index is 13.0. The molecule has 1 aliphatic carbocycles. The van der Waals surface area contributed by atoms with Gasteiger partial charge in [0.15, 0.2) is 0 Å². The van der Waals surface area contributed by atoms with Gasteiger partial charge in [-0.25, -0.2) is 4.79 Å². The summed E-state index contributed by atoms with van der Waals surface area (Å²) in [5.74, 6) is -0.306. The van der Waals surface area contributed by atoms with Gasteiger partial charge in [-0.1, -0.05) is 38.5 Å². The van der Waals surface area contributed by atoms with Gasteiger partial charge in [-0.3, -0.25) is 9.79 Å². The van der Waals surface area contributed by atoms with E-state index in [1.54, 1.807) is 0 Å². The van der Waals surface area contributed by atoms with E-state index in [1.807, 2.05) is 38.1 Å². The van der Waals surface area contributed by atoms with Gasteiger partial charge in [0, 0.05) is 29.3 Å². The van der Waals surface area contributed by atoms with Gasteiger partial charge >= 0.3 is 5.97 Å². The number of nitrogens with zero attached hydrogens (tertiary/aromatic N) is 1. The number of para-hydroxylation sites is 1. The number of unbranched alkanes of at least 4 members (excludes halogenated alkanes) is 1. The predicted molar refractivity (Wildman–Crippen MR) is 113 cm³/mol. The lowest BCUT2D eigenvalue weighted by molar-refractivity contribution is -0.139. The Morgan fingerprint density at radius 1 is 1.10 bits per heavy atom. The van der Waals surface area contributed by atoms with Gasteiger partial charge in [-0.2, -0.15) is 0 Å². The standard InChI is InChI=1S/C24H31NO4/c1-4-6-15-28-20-13-8-7-10-17(20)22-21(24(27)29-14-5-2)16(3)25-18-11-9-12-19(26)23(18)22/h7-8,10,13,22-23H,4-6,9,11-12,14-15H2,1-3H3. The van der Waals surface area contributed by atoms with Crippen molar-refractivity contribution in [1.82, 2.24) is 0 Å². The second-order valence-corrected chi connectivity index (χ2v) is 7.75. The lowest BCUT2D eigenvalue weighted by atomic mass is 9.69. The highest BCUT2D eigenvalue weighted by molar-refractivity contribution is 6.11. The molecule has 1 saturated carbocycles. The smallest absolute Gasteiger partial charge is 0.336 e. The minimum absolute atomic E-state index is 0.150. The molecule has 156 valence electrons. The number of ether oxygens (including phenoxy) is 2. The van der Waals surface area contributed by atoms with E-state index in [2.05, 4.69) is 11.9 Å². The van der Waals surface area contributed by atoms with Gasteiger partial charge in [0.25, 0.3) is 0 Å². The van der Waals surface area contributed by atoms with Crippen LogP contribution in [0, 0.1) is 5.92 Å². The summed E-state index contributed by atoms with van der Waals surface area (Å²) in [6.45, 7) is 6.89. The molecule has 5 heteroatoms. The SMILES string of the molecule is CCCCOc1ccccc1C1C(C(=O)OCCC)=C(C)N=C2CCCC(=O)C21. The highest BCUT2D eigenvalue weighted by Gasteiger charge is 2.44. The molecule has 29 heavy (non-hydrogen) atoms. The molecule has 5 nitrogen and oxygen atoms in total. The van der Waals surface area contributed by atoms with Crippen LogP contribution >= 0.6 is 0 Å². The molecule has 1 aromatic carbocycles. The van der Waals surface area contributed by atoms with Crippen molar-refractivity contribution in [3.8, 4) is 5.75 Å². The van der Waals surface area contributed by atoms with Crippen molar-refractivity contribution in [3.63, 3.8) is 0 Å². The lowest BCUT2D eigenvalue weighted by Crippen LogP contribution is -2.39. The number of ketones is 1. The predicted octanol–water partition coefficient (Wildman–Crippen LogP) is 5.00. The number of fused-ring (bicyclic) bond motifs is 1. The highest BCUT2D eigenvalue weighted by atomic mass is 16.5. The largest absolute Gasteiger partial charge is 0.493 e. The van der Waals surface area contributed by atoms with E-state index in [1.165, 1.54) is 0 Å². The number of hydrogen-bond donors (Lipinski definition) is 0. The minimum Gasteiger partial charge on any atom is -0.493 e. The molecule has 0 aromatic heterocycles. The fourth-order valence-electron chi connectivity index (χ4n) is 4.19. The Hall–Kier alpha value is -2.43. The summed E-state index contributed by atoms with van der Waals surface area (Å²) in [7, 11) is 0. The Morgan fingerprint density at radius 3 is 2.66 bits per heavy atom. The summed E-state index contributed by atoms with van der Waals surface area (Å²) < 4.78 is 11.6. The maximum Gasteiger partial charge on any atom is 0.336 e. The third-order valence-corrected chi connectivity index (χ3v) is 5.57. The molecule has 2 aliphatic rings. The Balaban J connectivity index is 2.08. The summed E-state index contributed by atoms with van der Waals surface area (Å²) in [4.78, 5) is 30.7. The van der Waals surface area contributed by atoms with Gasteiger partial charge in [-0.15, -0.1) is 0 Å². The number of benzene rings is 1. The van der Waals surface area contributed by atoms with Gasteiger partial charge in [-0.05, 0) is 38.7 Å². The van der Waals surface area contributed by atoms with E-state index < -0.39 is 11.8 Å². The number of allylic oxidation sites excluding steroid dienone is 1. The summed E-state index contributed by atoms with van der Waals surface area (Å²) in [6, 6.07) is 7.76. The number of rotatable bonds is 8. The van der Waals surface area contributed by atoms with Crippen LogP contribution in [-0.2, 0) is 14.3 Å². The Morgan fingerprint density at radius 2 is 1.90 bits per heavy atom. The van der Waals surface area contributed by atoms with Crippen molar-refractivity contribution in [2.75, 3.05) is 13.2 Å². The van der Waals surface area contributed by atoms with E-state index >= 15 is 0 Å². The van der Waals surface area contributed by atoms with E-state index in [0.717, 1.165) is 49.1 Å². The first-order chi connectivity index (χ1) is 14.1. The van der Waals surface area contributed by atoms with Crippen LogP contribution in [0.1, 0.15) is 70.8 Å². The van der Waals surface area contributed by atoms with Gasteiger partial charge in [0.1, 0.15) is 11.5 Å². The van der Waals surface area contributed by atoms with Crippen molar-refractivity contribution in [1.29, 1.82) is 0 Å². The molecule has 1 aromatic rings. The number of Topliss-reactive ketones (excluding diaryl/α,β-unsaturated/α-hetero) is 1. The van der Waals surface area contributed by atoms with Crippen LogP contribution in [0.15, 0.2) is 40.5 Å². The molecule has 2 unspecified atom stereocenters. The van der Waals surface area contributed by atoms with Gasteiger partial charge < -0.3 is 9.47 Å². The molecular weight excluding hydrogens is 366 g/mol. The second-order valence-electron chi connectivity index (χ2n) is 7.75. The molecule has 1 fully saturated rings. The Labute approximate surface area is 173 Å². The zero-order chi connectivity index (χ0) is 20.8. The minimum atomic E-state index is -0.410. The van der Waals surface area contributed by atoms with Crippen LogP contribution in [0.25, 0.3) is 0 Å². The normalized spacial score (nSPS) is 21.5. The molecule has 1 aliphatic heterocycles. The van der Waals surface area contributed by atoms with Crippen LogP contribution in [-0.4, -0.2) is 30.7 Å². The molecule has 3 rings (SSSR count). The molecule has 0 spiro atoms. The maximum absolute atomic E-state index is 13.0. The van der Waals surface area contributed by atoms with E-state index in [9.17, 15) is 9.59 Å². The molecule has 0 N–H and O–H groups in total. The molecule has 0 radical (unpaired) electrons. The van der Waals surface area contributed by atoms with E-state index in [0.29, 0.717) is 30.9 Å². The summed E-state index contributed by atoms with van der Waals surface area (Å²) >= 11 is 0. The third kappa shape index (κ3) is 4.60. The van der Waals surface area contributed by atoms with Crippen LogP contribution in [0.3, 0.4) is 0 Å². The van der Waals surface area contributed by atoms with E-state index in [-0.39, 0.29) is 11.8 Å². The molecule has 0 amide bonds. The number of aliphatic imine (C=N–C) groups is 1. The molecule has 1 heterocycles. The first-order valence-electron chi connectivity index (χ1n) is 10.8. The zero-order valence-electron chi connectivity index (χ0n) is 17.7. The van der Waals surface area contributed by atoms with Crippen molar-refractivity contribution >= 4 is 17.5 Å². The van der Waals surface area contributed by atoms with E-state index in [4.69, 9.17) is 9.47 Å². The Kier molecular flexibility index (Phi) is 7.24. The fourth-order valence-corrected chi connectivity index (χ4v) is 4.19. The summed E-state index contributed by atoms with van der Waals surface area (Å²) in [5, 5.41) is 0. The third-order valence-electron chi connectivity index (χ3n) is 5.57. The Bertz CT molecular complexity index is 824. The fraction of sp³-hybridized carbons (Fsp3) is 0.542. The average Bonchev–Trinajstić information content (AvgIpc) is 2.72. The quantitative estimate of drug-likeness (QED) is 0.457. The molecule has 2 atom stereocenters. The van der Waals surface area contributed by atoms with Crippen molar-refractivity contribution in [2.45, 2.75) is 65.2 Å². The molecular formula is C24H31NO4. The number of hydrogen-bond acceptors (Lipinski definition) is 5. The van der Waals surface area contributed by atoms with Crippen molar-refractivity contribution < 1.29 is 19.1 Å². The van der Waals surface area contributed by atoms with Gasteiger partial charge in [0.2, 0.25) is 0 Å². The number of esters is 1. The summed E-state index contributed by atoms with van der Waals surface area (Å²) in [6.07, 6.45) is 4.87. The molecule has 0 bridgehead atoms. The first-order valence-corrected chi connectivity index (χ1v) is 10.8. The van der Waals surface area contributed by atoms with Crippen LogP contribution in [0.5, 0.6) is 5.75 Å². The topological polar surface area (TPSA) is 65.0 Å². The number of carbonyl (C=O) groups is 2. The second kappa shape index (κ2) is 9.86. The monoisotopic (exact) mass is 397 g/mol. The van der Waals surface area contributed by atoms with Crippen molar-refractivity contribution in [3.05, 3.63) is 41.1 Å². The molecule has 0 saturated heterocycles. The average molecular weight is 398 g/mol. The first kappa shape index (κ1) is 21.3. The lowest BCUT2D eigenvalue weighted by Gasteiger charge is -2.36.